The molecule has 3 heteroatoms. The second-order valence-corrected chi connectivity index (χ2v) is 8.31. The first kappa shape index (κ1) is 24.8. The fourth-order valence-corrected chi connectivity index (χ4v) is 3.84. The van der Waals surface area contributed by atoms with Crippen LogP contribution in [-0.2, 0) is 0 Å². The van der Waals surface area contributed by atoms with E-state index in [4.69, 9.17) is 0 Å². The average molecular weight is 352 g/mol. The highest BCUT2D eigenvalue weighted by atomic mass is 35.5. The second-order valence-electron chi connectivity index (χ2n) is 7.23. The van der Waals surface area contributed by atoms with Crippen LogP contribution >= 0.6 is 11.8 Å². The lowest BCUT2D eigenvalue weighted by Crippen LogP contribution is -3.00. The zero-order valence-corrected chi connectivity index (χ0v) is 17.4. The van der Waals surface area contributed by atoms with Crippen molar-refractivity contribution in [2.45, 2.75) is 90.9 Å². The highest BCUT2D eigenvalue weighted by Crippen LogP contribution is 2.15. The Morgan fingerprint density at radius 1 is 0.636 bits per heavy atom. The molecule has 0 unspecified atom stereocenters. The summed E-state index contributed by atoms with van der Waals surface area (Å²) in [6.07, 6.45) is 17.1. The lowest BCUT2D eigenvalue weighted by Gasteiger charge is -2.29. The summed E-state index contributed by atoms with van der Waals surface area (Å²) in [6.45, 7) is 5.94. The summed E-state index contributed by atoms with van der Waals surface area (Å²) in [7, 11) is 4.81. The third kappa shape index (κ3) is 18.6. The summed E-state index contributed by atoms with van der Waals surface area (Å²) in [6, 6.07) is 0. The maximum atomic E-state index is 2.40. The number of halogens is 1. The Kier molecular flexibility index (Phi) is 20.3. The van der Waals surface area contributed by atoms with Crippen LogP contribution in [0.2, 0.25) is 0 Å². The molecule has 0 amide bonds. The summed E-state index contributed by atoms with van der Waals surface area (Å²) in [5.41, 5.74) is 0. The highest BCUT2D eigenvalue weighted by Gasteiger charge is 2.13. The number of unbranched alkanes of at least 4 members (excludes halogenated alkanes) is 10. The van der Waals surface area contributed by atoms with E-state index in [0.717, 1.165) is 0 Å². The van der Waals surface area contributed by atoms with Crippen LogP contribution in [0.15, 0.2) is 0 Å². The molecule has 1 nitrogen and oxygen atoms in total. The van der Waals surface area contributed by atoms with Crippen molar-refractivity contribution in [1.29, 1.82) is 0 Å². The zero-order valence-electron chi connectivity index (χ0n) is 15.8. The van der Waals surface area contributed by atoms with E-state index in [1.807, 2.05) is 0 Å². The molecule has 0 radical (unpaired) electrons. The molecule has 22 heavy (non-hydrogen) atoms. The van der Waals surface area contributed by atoms with Gasteiger partial charge in [-0.15, -0.1) is 11.8 Å². The van der Waals surface area contributed by atoms with Gasteiger partial charge < -0.3 is 16.9 Å². The van der Waals surface area contributed by atoms with Gasteiger partial charge in [0.25, 0.3) is 0 Å². The fraction of sp³-hybridized carbons (Fsp3) is 1.00. The SMILES string of the molecule is CCCCCCCCSC[N+](C)(C)CCCCCCCC.[Cl-]. The van der Waals surface area contributed by atoms with E-state index in [1.54, 1.807) is 0 Å². The maximum absolute atomic E-state index is 2.40. The van der Waals surface area contributed by atoms with Gasteiger partial charge in [0.15, 0.2) is 0 Å². The Morgan fingerprint density at radius 2 is 1.09 bits per heavy atom. The van der Waals surface area contributed by atoms with Crippen LogP contribution in [0, 0.1) is 0 Å². The van der Waals surface area contributed by atoms with E-state index in [1.165, 1.54) is 99.7 Å². The molecule has 0 aromatic heterocycles. The molecular weight excluding hydrogens is 310 g/mol. The van der Waals surface area contributed by atoms with Gasteiger partial charge >= 0.3 is 0 Å². The molecule has 0 aromatic carbocycles. The molecular formula is C19H42ClNS. The molecule has 0 saturated heterocycles. The Morgan fingerprint density at radius 3 is 1.64 bits per heavy atom. The van der Waals surface area contributed by atoms with Crippen molar-refractivity contribution in [3.05, 3.63) is 0 Å². The molecule has 0 aliphatic heterocycles. The van der Waals surface area contributed by atoms with Crippen LogP contribution in [0.3, 0.4) is 0 Å². The molecule has 0 aromatic rings. The Labute approximate surface area is 152 Å². The minimum atomic E-state index is 0. The minimum absolute atomic E-state index is 0. The summed E-state index contributed by atoms with van der Waals surface area (Å²) < 4.78 is 1.20. The third-order valence-corrected chi connectivity index (χ3v) is 5.66. The van der Waals surface area contributed by atoms with Crippen molar-refractivity contribution < 1.29 is 16.9 Å². The largest absolute Gasteiger partial charge is 1.00 e. The number of hydrogen-bond donors (Lipinski definition) is 0. The Bertz CT molecular complexity index is 210. The molecule has 0 aliphatic carbocycles. The Hall–Kier alpha value is 0.600. The van der Waals surface area contributed by atoms with Gasteiger partial charge in [-0.3, -0.25) is 0 Å². The van der Waals surface area contributed by atoms with E-state index < -0.39 is 0 Å². The van der Waals surface area contributed by atoms with Crippen molar-refractivity contribution in [1.82, 2.24) is 0 Å². The smallest absolute Gasteiger partial charge is 0.125 e. The normalized spacial score (nSPS) is 11.5. The molecule has 136 valence electrons. The predicted molar refractivity (Wildman–Crippen MR) is 101 cm³/mol. The molecule has 0 fully saturated rings. The molecule has 0 saturated carbocycles. The third-order valence-electron chi connectivity index (χ3n) is 4.20. The second kappa shape index (κ2) is 17.9. The van der Waals surface area contributed by atoms with Crippen molar-refractivity contribution in [3.8, 4) is 0 Å². The van der Waals surface area contributed by atoms with E-state index in [-0.39, 0.29) is 12.4 Å². The van der Waals surface area contributed by atoms with Crippen LogP contribution < -0.4 is 12.4 Å². The molecule has 0 heterocycles. The number of hydrogen-bond acceptors (Lipinski definition) is 1. The van der Waals surface area contributed by atoms with Gasteiger partial charge in [0, 0.05) is 0 Å². The first-order chi connectivity index (χ1) is 10.1. The number of nitrogens with zero attached hydrogens (tertiary/aromatic N) is 1. The molecule has 0 rings (SSSR count). The molecule has 0 bridgehead atoms. The summed E-state index contributed by atoms with van der Waals surface area (Å²) in [4.78, 5) is 0. The van der Waals surface area contributed by atoms with Gasteiger partial charge in [0.1, 0.15) is 5.88 Å². The van der Waals surface area contributed by atoms with Crippen LogP contribution in [0.1, 0.15) is 90.9 Å². The van der Waals surface area contributed by atoms with Crippen LogP contribution in [0.5, 0.6) is 0 Å². The molecule has 0 atom stereocenters. The lowest BCUT2D eigenvalue weighted by molar-refractivity contribution is -0.877. The number of rotatable bonds is 16. The Balaban J connectivity index is 0. The topological polar surface area (TPSA) is 0 Å². The molecule has 0 aliphatic rings. The summed E-state index contributed by atoms with van der Waals surface area (Å²) in [5, 5.41) is 0. The van der Waals surface area contributed by atoms with E-state index >= 15 is 0 Å². The van der Waals surface area contributed by atoms with Gasteiger partial charge in [-0.2, -0.15) is 0 Å². The summed E-state index contributed by atoms with van der Waals surface area (Å²) in [5.74, 6) is 2.66. The molecule has 0 N–H and O–H groups in total. The highest BCUT2D eigenvalue weighted by molar-refractivity contribution is 7.99. The van der Waals surface area contributed by atoms with Gasteiger partial charge in [-0.1, -0.05) is 71.6 Å². The average Bonchev–Trinajstić information content (AvgIpc) is 2.45. The number of thioether (sulfide) groups is 1. The quantitative estimate of drug-likeness (QED) is 0.233. The van der Waals surface area contributed by atoms with E-state index in [2.05, 4.69) is 39.7 Å². The van der Waals surface area contributed by atoms with Gasteiger partial charge in [0.2, 0.25) is 0 Å². The first-order valence-electron chi connectivity index (χ1n) is 9.52. The summed E-state index contributed by atoms with van der Waals surface area (Å²) >= 11 is 2.17. The van der Waals surface area contributed by atoms with Crippen molar-refractivity contribution >= 4 is 11.8 Å². The first-order valence-corrected chi connectivity index (χ1v) is 10.7. The maximum Gasteiger partial charge on any atom is 0.125 e. The van der Waals surface area contributed by atoms with Crippen LogP contribution in [0.25, 0.3) is 0 Å². The van der Waals surface area contributed by atoms with Crippen molar-refractivity contribution in [2.75, 3.05) is 32.3 Å². The lowest BCUT2D eigenvalue weighted by atomic mass is 10.1. The number of quaternary nitrogens is 1. The van der Waals surface area contributed by atoms with Gasteiger partial charge in [-0.05, 0) is 25.0 Å². The van der Waals surface area contributed by atoms with E-state index in [9.17, 15) is 0 Å². The van der Waals surface area contributed by atoms with E-state index in [0.29, 0.717) is 0 Å². The van der Waals surface area contributed by atoms with Crippen LogP contribution in [-0.4, -0.2) is 36.8 Å². The standard InChI is InChI=1S/C19H42NS.ClH/c1-5-7-9-11-13-15-17-20(3,4)19-21-18-16-14-12-10-8-6-2;/h5-19H2,1-4H3;1H/q+1;/p-1. The molecule has 0 spiro atoms. The van der Waals surface area contributed by atoms with Gasteiger partial charge in [-0.25, -0.2) is 0 Å². The van der Waals surface area contributed by atoms with Crippen molar-refractivity contribution in [2.24, 2.45) is 0 Å². The van der Waals surface area contributed by atoms with Gasteiger partial charge in [0.05, 0.1) is 20.6 Å². The fourth-order valence-electron chi connectivity index (χ4n) is 2.68. The monoisotopic (exact) mass is 351 g/mol. The predicted octanol–water partition coefficient (Wildman–Crippen LogP) is 3.48. The zero-order chi connectivity index (χ0) is 15.8. The van der Waals surface area contributed by atoms with Crippen LogP contribution in [0.4, 0.5) is 0 Å². The van der Waals surface area contributed by atoms with Crippen molar-refractivity contribution in [3.63, 3.8) is 0 Å². The minimum Gasteiger partial charge on any atom is -1.00 e.